The van der Waals surface area contributed by atoms with Gasteiger partial charge < -0.3 is 4.90 Å². The fraction of sp³-hybridized carbons (Fsp3) is 0.200. The molecular weight excluding hydrogens is 358 g/mol. The summed E-state index contributed by atoms with van der Waals surface area (Å²) in [4.78, 5) is 14.9. The van der Waals surface area contributed by atoms with Gasteiger partial charge in [0.2, 0.25) is 5.91 Å². The van der Waals surface area contributed by atoms with Crippen molar-refractivity contribution in [2.75, 3.05) is 19.0 Å². The van der Waals surface area contributed by atoms with E-state index in [4.69, 9.17) is 0 Å². The number of anilines is 1. The van der Waals surface area contributed by atoms with Gasteiger partial charge in [-0.25, -0.2) is 5.43 Å². The maximum atomic E-state index is 12.9. The lowest BCUT2D eigenvalue weighted by atomic mass is 9.85. The summed E-state index contributed by atoms with van der Waals surface area (Å²) >= 11 is 0. The lowest BCUT2D eigenvalue weighted by Crippen LogP contribution is -2.25. The first-order valence-corrected chi connectivity index (χ1v) is 9.82. The number of hydrazone groups is 1. The van der Waals surface area contributed by atoms with Crippen LogP contribution >= 0.6 is 0 Å². The Morgan fingerprint density at radius 2 is 1.48 bits per heavy atom. The molecule has 0 spiro atoms. The highest BCUT2D eigenvalue weighted by Crippen LogP contribution is 2.58. The molecule has 146 valence electrons. The predicted octanol–water partition coefficient (Wildman–Crippen LogP) is 4.21. The van der Waals surface area contributed by atoms with Crippen molar-refractivity contribution < 1.29 is 4.79 Å². The van der Waals surface area contributed by atoms with Gasteiger partial charge in [0.25, 0.3) is 0 Å². The van der Waals surface area contributed by atoms with Crippen molar-refractivity contribution in [2.45, 2.75) is 11.8 Å². The smallest absolute Gasteiger partial charge is 0.244 e. The van der Waals surface area contributed by atoms with E-state index in [1.54, 1.807) is 6.21 Å². The van der Waals surface area contributed by atoms with Crippen molar-refractivity contribution in [3.05, 3.63) is 102 Å². The van der Waals surface area contributed by atoms with E-state index in [0.717, 1.165) is 17.7 Å². The Labute approximate surface area is 171 Å². The number of nitrogens with zero attached hydrogens (tertiary/aromatic N) is 2. The summed E-state index contributed by atoms with van der Waals surface area (Å²) in [6.45, 7) is 0. The lowest BCUT2D eigenvalue weighted by Gasteiger charge is -2.18. The Morgan fingerprint density at radius 3 is 2.00 bits per heavy atom. The van der Waals surface area contributed by atoms with E-state index in [1.165, 1.54) is 11.1 Å². The number of nitrogens with one attached hydrogen (secondary N) is 1. The van der Waals surface area contributed by atoms with Crippen LogP contribution in [0.2, 0.25) is 0 Å². The third-order valence-corrected chi connectivity index (χ3v) is 5.65. The second kappa shape index (κ2) is 7.92. The van der Waals surface area contributed by atoms with Crippen LogP contribution in [0.15, 0.2) is 90.0 Å². The van der Waals surface area contributed by atoms with Gasteiger partial charge >= 0.3 is 0 Å². The Kier molecular flexibility index (Phi) is 5.17. The van der Waals surface area contributed by atoms with Crippen LogP contribution in [0, 0.1) is 5.92 Å². The third-order valence-electron chi connectivity index (χ3n) is 5.65. The first-order valence-electron chi connectivity index (χ1n) is 9.82. The van der Waals surface area contributed by atoms with E-state index >= 15 is 0 Å². The van der Waals surface area contributed by atoms with Gasteiger partial charge in [-0.1, -0.05) is 72.8 Å². The van der Waals surface area contributed by atoms with Gasteiger partial charge in [-0.2, -0.15) is 5.10 Å². The summed E-state index contributed by atoms with van der Waals surface area (Å²) in [5, 5.41) is 4.19. The Bertz CT molecular complexity index is 956. The number of carbonyl (C=O) groups excluding carboxylic acids is 1. The zero-order chi connectivity index (χ0) is 20.3. The van der Waals surface area contributed by atoms with Gasteiger partial charge in [0.15, 0.2) is 0 Å². The topological polar surface area (TPSA) is 44.7 Å². The van der Waals surface area contributed by atoms with Crippen molar-refractivity contribution >= 4 is 17.8 Å². The summed E-state index contributed by atoms with van der Waals surface area (Å²) < 4.78 is 0. The molecule has 1 atom stereocenters. The van der Waals surface area contributed by atoms with Crippen molar-refractivity contribution in [1.82, 2.24) is 5.43 Å². The lowest BCUT2D eigenvalue weighted by molar-refractivity contribution is -0.122. The van der Waals surface area contributed by atoms with Crippen molar-refractivity contribution in [3.63, 3.8) is 0 Å². The molecule has 0 radical (unpaired) electrons. The highest BCUT2D eigenvalue weighted by Gasteiger charge is 2.60. The van der Waals surface area contributed by atoms with E-state index in [1.807, 2.05) is 79.7 Å². The Balaban J connectivity index is 1.49. The number of carbonyl (C=O) groups is 1. The van der Waals surface area contributed by atoms with E-state index in [2.05, 4.69) is 34.8 Å². The quantitative estimate of drug-likeness (QED) is 0.512. The Hall–Kier alpha value is -3.40. The maximum Gasteiger partial charge on any atom is 0.244 e. The molecule has 1 unspecified atom stereocenters. The average Bonchev–Trinajstić information content (AvgIpc) is 3.52. The van der Waals surface area contributed by atoms with Crippen molar-refractivity contribution in [1.29, 1.82) is 0 Å². The molecule has 4 heteroatoms. The molecule has 1 amide bonds. The molecule has 1 aliphatic carbocycles. The molecule has 4 nitrogen and oxygen atoms in total. The molecule has 1 N–H and O–H groups in total. The van der Waals surface area contributed by atoms with Crippen LogP contribution in [0.1, 0.15) is 23.1 Å². The SMILES string of the molecule is CN(C)c1ccc(C=NNC(=O)C2CC2(c2ccccc2)c2ccccc2)cc1. The molecule has 3 aromatic rings. The van der Waals surface area contributed by atoms with Crippen LogP contribution in [0.3, 0.4) is 0 Å². The molecule has 1 fully saturated rings. The minimum Gasteiger partial charge on any atom is -0.378 e. The molecule has 29 heavy (non-hydrogen) atoms. The molecular formula is C25H25N3O. The summed E-state index contributed by atoms with van der Waals surface area (Å²) in [6, 6.07) is 28.6. The first kappa shape index (κ1) is 18.9. The van der Waals surface area contributed by atoms with Gasteiger partial charge in [0.1, 0.15) is 0 Å². The monoisotopic (exact) mass is 383 g/mol. The average molecular weight is 383 g/mol. The standard InChI is InChI=1S/C25H25N3O/c1-28(2)22-15-13-19(14-16-22)18-26-27-24(29)23-17-25(23,20-9-5-3-6-10-20)21-11-7-4-8-12-21/h3-16,18,23H,17H2,1-2H3,(H,27,29). The molecule has 0 aliphatic heterocycles. The Morgan fingerprint density at radius 1 is 0.931 bits per heavy atom. The highest BCUT2D eigenvalue weighted by atomic mass is 16.2. The van der Waals surface area contributed by atoms with E-state index < -0.39 is 0 Å². The van der Waals surface area contributed by atoms with Gasteiger partial charge in [0.05, 0.1) is 12.1 Å². The van der Waals surface area contributed by atoms with E-state index in [0.29, 0.717) is 0 Å². The van der Waals surface area contributed by atoms with Gasteiger partial charge in [-0.05, 0) is 35.2 Å². The molecule has 1 aliphatic rings. The zero-order valence-corrected chi connectivity index (χ0v) is 16.7. The van der Waals surface area contributed by atoms with Crippen LogP contribution in [-0.4, -0.2) is 26.2 Å². The minimum atomic E-state index is -0.268. The predicted molar refractivity (Wildman–Crippen MR) is 118 cm³/mol. The van der Waals surface area contributed by atoms with Crippen LogP contribution < -0.4 is 10.3 Å². The van der Waals surface area contributed by atoms with Crippen LogP contribution in [0.4, 0.5) is 5.69 Å². The van der Waals surface area contributed by atoms with E-state index in [9.17, 15) is 4.79 Å². The molecule has 1 saturated carbocycles. The van der Waals surface area contributed by atoms with E-state index in [-0.39, 0.29) is 17.2 Å². The van der Waals surface area contributed by atoms with Crippen molar-refractivity contribution in [2.24, 2.45) is 11.0 Å². The molecule has 0 saturated heterocycles. The van der Waals surface area contributed by atoms with Gasteiger partial charge in [-0.3, -0.25) is 4.79 Å². The fourth-order valence-corrected chi connectivity index (χ4v) is 3.96. The van der Waals surface area contributed by atoms with Crippen LogP contribution in [0.25, 0.3) is 0 Å². The third kappa shape index (κ3) is 3.79. The summed E-state index contributed by atoms with van der Waals surface area (Å²) in [7, 11) is 4.01. The number of rotatable bonds is 6. The zero-order valence-electron chi connectivity index (χ0n) is 16.7. The van der Waals surface area contributed by atoms with Gasteiger partial charge in [0, 0.05) is 25.2 Å². The minimum absolute atomic E-state index is 0.0427. The molecule has 0 aromatic heterocycles. The fourth-order valence-electron chi connectivity index (χ4n) is 3.96. The van der Waals surface area contributed by atoms with Gasteiger partial charge in [-0.15, -0.1) is 0 Å². The normalized spacial score (nSPS) is 17.1. The number of hydrogen-bond acceptors (Lipinski definition) is 3. The summed E-state index contributed by atoms with van der Waals surface area (Å²) in [5.41, 5.74) is 6.90. The highest BCUT2D eigenvalue weighted by molar-refractivity contribution is 5.87. The molecule has 3 aromatic carbocycles. The first-order chi connectivity index (χ1) is 14.1. The number of amides is 1. The van der Waals surface area contributed by atoms with Crippen LogP contribution in [0.5, 0.6) is 0 Å². The number of benzene rings is 3. The summed E-state index contributed by atoms with van der Waals surface area (Å²) in [6.07, 6.45) is 2.48. The van der Waals surface area contributed by atoms with Crippen LogP contribution in [-0.2, 0) is 10.2 Å². The summed E-state index contributed by atoms with van der Waals surface area (Å²) in [5.74, 6) is -0.167. The second-order valence-corrected chi connectivity index (χ2v) is 7.68. The molecule has 0 heterocycles. The molecule has 4 rings (SSSR count). The molecule has 0 bridgehead atoms. The van der Waals surface area contributed by atoms with Crippen molar-refractivity contribution in [3.8, 4) is 0 Å². The number of hydrogen-bond donors (Lipinski definition) is 1. The maximum absolute atomic E-state index is 12.9. The largest absolute Gasteiger partial charge is 0.378 e. The second-order valence-electron chi connectivity index (χ2n) is 7.68.